The monoisotopic (exact) mass is 546 g/mol. The van der Waals surface area contributed by atoms with Crippen molar-refractivity contribution in [1.29, 1.82) is 0 Å². The Morgan fingerprint density at radius 3 is 2.50 bits per heavy atom. The second-order valence-corrected chi connectivity index (χ2v) is 9.28. The number of halogens is 1. The van der Waals surface area contributed by atoms with Crippen LogP contribution in [0.25, 0.3) is 0 Å². The number of hydrogen-bond acceptors (Lipinski definition) is 11. The lowest BCUT2D eigenvalue weighted by atomic mass is 9.82. The standard InChI is InChI=1S/C24H27ClN6O7/c1-14(32)37-22-21(30(13-20-26-28-29(3)27-20)16-8-6-15(25)7-9-16)18-12-17(31(33)34)10-11-19(18)38-24(22,2)23(35-4)36-5/h6-12,21-23H,13H2,1-5H3/t21-,22+,24?/m1/s1. The van der Waals surface area contributed by atoms with Gasteiger partial charge in [0.2, 0.25) is 6.29 Å². The predicted octanol–water partition coefficient (Wildman–Crippen LogP) is 3.22. The van der Waals surface area contributed by atoms with Gasteiger partial charge in [-0.15, -0.1) is 10.2 Å². The zero-order valence-electron chi connectivity index (χ0n) is 21.4. The Balaban J connectivity index is 2.00. The number of ether oxygens (including phenoxy) is 4. The van der Waals surface area contributed by atoms with Crippen molar-refractivity contribution < 1.29 is 28.7 Å². The number of hydrogen-bond donors (Lipinski definition) is 0. The van der Waals surface area contributed by atoms with Crippen molar-refractivity contribution in [2.75, 3.05) is 19.1 Å². The molecular weight excluding hydrogens is 520 g/mol. The third kappa shape index (κ3) is 5.26. The maximum absolute atomic E-state index is 12.5. The third-order valence-electron chi connectivity index (χ3n) is 6.25. The summed E-state index contributed by atoms with van der Waals surface area (Å²) in [5.41, 5.74) is -0.486. The number of esters is 1. The van der Waals surface area contributed by atoms with Crippen molar-refractivity contribution in [3.05, 3.63) is 69.0 Å². The molecule has 0 radical (unpaired) electrons. The number of aryl methyl sites for hydroxylation is 1. The van der Waals surface area contributed by atoms with Crippen molar-refractivity contribution in [1.82, 2.24) is 20.2 Å². The van der Waals surface area contributed by atoms with Crippen LogP contribution in [0.3, 0.4) is 0 Å². The second-order valence-electron chi connectivity index (χ2n) is 8.84. The van der Waals surface area contributed by atoms with Gasteiger partial charge in [0.15, 0.2) is 17.5 Å². The molecule has 38 heavy (non-hydrogen) atoms. The molecule has 0 N–H and O–H groups in total. The van der Waals surface area contributed by atoms with Gasteiger partial charge in [0.05, 0.1) is 24.6 Å². The minimum absolute atomic E-state index is 0.0980. The lowest BCUT2D eigenvalue weighted by molar-refractivity contribution is -0.385. The number of non-ortho nitro benzene ring substituents is 1. The smallest absolute Gasteiger partial charge is 0.303 e. The van der Waals surface area contributed by atoms with Crippen molar-refractivity contribution in [3.8, 4) is 5.75 Å². The number of carbonyl (C=O) groups is 1. The molecule has 1 aliphatic rings. The van der Waals surface area contributed by atoms with Gasteiger partial charge in [-0.25, -0.2) is 0 Å². The first kappa shape index (κ1) is 27.2. The summed E-state index contributed by atoms with van der Waals surface area (Å²) in [5, 5.41) is 24.6. The zero-order valence-corrected chi connectivity index (χ0v) is 22.2. The maximum Gasteiger partial charge on any atom is 0.303 e. The van der Waals surface area contributed by atoms with Gasteiger partial charge in [-0.05, 0) is 42.5 Å². The normalized spacial score (nSPS) is 20.5. The molecule has 0 saturated carbocycles. The molecule has 4 rings (SSSR count). The van der Waals surface area contributed by atoms with Gasteiger partial charge in [-0.1, -0.05) is 11.6 Å². The van der Waals surface area contributed by atoms with E-state index in [-0.39, 0.29) is 12.2 Å². The van der Waals surface area contributed by atoms with Crippen LogP contribution in [0.5, 0.6) is 5.75 Å². The van der Waals surface area contributed by atoms with Gasteiger partial charge >= 0.3 is 5.97 Å². The van der Waals surface area contributed by atoms with E-state index in [4.69, 9.17) is 30.5 Å². The number of anilines is 1. The SMILES string of the molecule is COC(OC)C1(C)Oc2ccc([N+](=O)[O-])cc2[C@@H](N(Cc2nnn(C)n2)c2ccc(Cl)cc2)[C@@H]1OC(C)=O. The average Bonchev–Trinajstić information content (AvgIpc) is 3.28. The highest BCUT2D eigenvalue weighted by molar-refractivity contribution is 6.30. The van der Waals surface area contributed by atoms with Gasteiger partial charge in [0, 0.05) is 49.5 Å². The number of nitro benzene ring substituents is 1. The Morgan fingerprint density at radius 1 is 1.26 bits per heavy atom. The Bertz CT molecular complexity index is 1320. The van der Waals surface area contributed by atoms with Crippen LogP contribution in [0.4, 0.5) is 11.4 Å². The summed E-state index contributed by atoms with van der Waals surface area (Å²) in [6, 6.07) is 10.4. The lowest BCUT2D eigenvalue weighted by Gasteiger charge is -2.50. The number of aromatic nitrogens is 4. The summed E-state index contributed by atoms with van der Waals surface area (Å²) in [7, 11) is 4.51. The van der Waals surface area contributed by atoms with E-state index in [9.17, 15) is 14.9 Å². The number of nitrogens with zero attached hydrogens (tertiary/aromatic N) is 6. The molecule has 0 spiro atoms. The molecule has 1 aliphatic heterocycles. The van der Waals surface area contributed by atoms with Crippen LogP contribution in [-0.4, -0.2) is 63.3 Å². The molecule has 3 atom stereocenters. The third-order valence-corrected chi connectivity index (χ3v) is 6.50. The summed E-state index contributed by atoms with van der Waals surface area (Å²) in [4.78, 5) is 26.9. The van der Waals surface area contributed by atoms with E-state index >= 15 is 0 Å². The molecule has 14 heteroatoms. The van der Waals surface area contributed by atoms with Crippen molar-refractivity contribution >= 4 is 28.9 Å². The lowest BCUT2D eigenvalue weighted by Crippen LogP contribution is -2.63. The van der Waals surface area contributed by atoms with Gasteiger partial charge in [-0.2, -0.15) is 4.80 Å². The first-order chi connectivity index (χ1) is 18.1. The Morgan fingerprint density at radius 2 is 1.95 bits per heavy atom. The first-order valence-corrected chi connectivity index (χ1v) is 11.9. The topological polar surface area (TPSA) is 144 Å². The van der Waals surface area contributed by atoms with Gasteiger partial charge in [0.1, 0.15) is 5.75 Å². The Kier molecular flexibility index (Phi) is 7.81. The Hall–Kier alpha value is -3.81. The summed E-state index contributed by atoms with van der Waals surface area (Å²) in [6.45, 7) is 3.06. The molecule has 0 bridgehead atoms. The minimum Gasteiger partial charge on any atom is -0.478 e. The van der Waals surface area contributed by atoms with Crippen LogP contribution in [-0.2, 0) is 32.6 Å². The van der Waals surface area contributed by atoms with E-state index in [0.29, 0.717) is 27.8 Å². The van der Waals surface area contributed by atoms with E-state index in [1.54, 1.807) is 38.2 Å². The Labute approximate surface area is 223 Å². The average molecular weight is 547 g/mol. The number of fused-ring (bicyclic) bond motifs is 1. The van der Waals surface area contributed by atoms with E-state index in [0.717, 1.165) is 0 Å². The van der Waals surface area contributed by atoms with Crippen LogP contribution in [0.15, 0.2) is 42.5 Å². The minimum atomic E-state index is -1.39. The van der Waals surface area contributed by atoms with E-state index in [2.05, 4.69) is 15.4 Å². The molecule has 2 aromatic carbocycles. The van der Waals surface area contributed by atoms with Crippen LogP contribution >= 0.6 is 11.6 Å². The summed E-state index contributed by atoms with van der Waals surface area (Å²) >= 11 is 6.17. The molecule has 0 fully saturated rings. The fraction of sp³-hybridized carbons (Fsp3) is 0.417. The largest absolute Gasteiger partial charge is 0.478 e. The van der Waals surface area contributed by atoms with Gasteiger partial charge in [-0.3, -0.25) is 14.9 Å². The maximum atomic E-state index is 12.5. The van der Waals surface area contributed by atoms with Crippen LogP contribution in [0, 0.1) is 10.1 Å². The number of nitro groups is 1. The van der Waals surface area contributed by atoms with E-state index in [1.807, 2.05) is 4.90 Å². The number of tetrazole rings is 1. The predicted molar refractivity (Wildman–Crippen MR) is 135 cm³/mol. The van der Waals surface area contributed by atoms with Crippen LogP contribution in [0.1, 0.15) is 31.3 Å². The summed E-state index contributed by atoms with van der Waals surface area (Å²) in [6.07, 6.45) is -2.06. The van der Waals surface area contributed by atoms with Crippen LogP contribution in [0.2, 0.25) is 5.02 Å². The second kappa shape index (κ2) is 10.9. The van der Waals surface area contributed by atoms with E-state index in [1.165, 1.54) is 44.1 Å². The number of benzene rings is 2. The molecule has 13 nitrogen and oxygen atoms in total. The van der Waals surface area contributed by atoms with E-state index < -0.39 is 34.9 Å². The highest BCUT2D eigenvalue weighted by atomic mass is 35.5. The highest BCUT2D eigenvalue weighted by Gasteiger charge is 2.57. The quantitative estimate of drug-likeness (QED) is 0.169. The van der Waals surface area contributed by atoms with Gasteiger partial charge in [0.25, 0.3) is 5.69 Å². The zero-order chi connectivity index (χ0) is 27.6. The molecule has 1 aromatic heterocycles. The highest BCUT2D eigenvalue weighted by Crippen LogP contribution is 2.49. The van der Waals surface area contributed by atoms with Crippen molar-refractivity contribution in [3.63, 3.8) is 0 Å². The van der Waals surface area contributed by atoms with Crippen molar-refractivity contribution in [2.45, 2.75) is 44.4 Å². The molecule has 0 saturated heterocycles. The summed E-state index contributed by atoms with van der Waals surface area (Å²) < 4.78 is 23.4. The molecule has 2 heterocycles. The molecule has 0 aliphatic carbocycles. The number of carbonyl (C=O) groups excluding carboxylic acids is 1. The summed E-state index contributed by atoms with van der Waals surface area (Å²) in [5.74, 6) is 0.0965. The fourth-order valence-corrected chi connectivity index (χ4v) is 4.83. The van der Waals surface area contributed by atoms with Gasteiger partial charge < -0.3 is 23.8 Å². The number of rotatable bonds is 9. The fourth-order valence-electron chi connectivity index (χ4n) is 4.70. The molecule has 1 unspecified atom stereocenters. The molecule has 202 valence electrons. The van der Waals surface area contributed by atoms with Crippen molar-refractivity contribution in [2.24, 2.45) is 7.05 Å². The first-order valence-electron chi connectivity index (χ1n) is 11.5. The molecule has 0 amide bonds. The molecule has 3 aromatic rings. The molecular formula is C24H27ClN6O7. The number of methoxy groups -OCH3 is 2. The van der Waals surface area contributed by atoms with Crippen LogP contribution < -0.4 is 9.64 Å².